The zero-order valence-electron chi connectivity index (χ0n) is 16.2. The number of rotatable bonds is 4. The lowest BCUT2D eigenvalue weighted by Crippen LogP contribution is -2.41. The average molecular weight is 386 g/mol. The van der Waals surface area contributed by atoms with Gasteiger partial charge in [-0.15, -0.1) is 0 Å². The minimum Gasteiger partial charge on any atom is -0.493 e. The molecule has 150 valence electrons. The van der Waals surface area contributed by atoms with Gasteiger partial charge in [0.15, 0.2) is 0 Å². The van der Waals surface area contributed by atoms with Gasteiger partial charge < -0.3 is 18.8 Å². The second kappa shape index (κ2) is 7.30. The van der Waals surface area contributed by atoms with Crippen molar-refractivity contribution in [3.63, 3.8) is 0 Å². The molecule has 3 rings (SSSR count). The summed E-state index contributed by atoms with van der Waals surface area (Å²) in [5, 5.41) is 0. The van der Waals surface area contributed by atoms with Gasteiger partial charge >= 0.3 is 13.3 Å². The Labute approximate surface area is 158 Å². The fourth-order valence-corrected chi connectivity index (χ4v) is 3.11. The molecule has 2 aliphatic rings. The van der Waals surface area contributed by atoms with Gasteiger partial charge in [0.05, 0.1) is 23.4 Å². The SMILES string of the molecule is CC1(C)OB(c2cc(OCC3CCOCC3)cc(C(F)(F)F)c2)OC1(C)C. The van der Waals surface area contributed by atoms with Crippen molar-refractivity contribution >= 4 is 12.6 Å². The van der Waals surface area contributed by atoms with Crippen molar-refractivity contribution < 1.29 is 32.0 Å². The van der Waals surface area contributed by atoms with Crippen LogP contribution in [0.25, 0.3) is 0 Å². The van der Waals surface area contributed by atoms with Gasteiger partial charge in [-0.1, -0.05) is 0 Å². The van der Waals surface area contributed by atoms with E-state index in [1.807, 2.05) is 27.7 Å². The van der Waals surface area contributed by atoms with E-state index in [2.05, 4.69) is 0 Å². The zero-order chi connectivity index (χ0) is 19.9. The van der Waals surface area contributed by atoms with Crippen molar-refractivity contribution in [3.8, 4) is 5.75 Å². The lowest BCUT2D eigenvalue weighted by molar-refractivity contribution is -0.137. The van der Waals surface area contributed by atoms with Crippen molar-refractivity contribution in [2.45, 2.75) is 57.9 Å². The minimum absolute atomic E-state index is 0.182. The fourth-order valence-electron chi connectivity index (χ4n) is 3.11. The summed E-state index contributed by atoms with van der Waals surface area (Å²) in [6.07, 6.45) is -2.78. The Morgan fingerprint density at radius 3 is 2.19 bits per heavy atom. The molecule has 0 aliphatic carbocycles. The number of ether oxygens (including phenoxy) is 2. The first-order valence-corrected chi connectivity index (χ1v) is 9.26. The molecule has 0 unspecified atom stereocenters. The fraction of sp³-hybridized carbons (Fsp3) is 0.684. The van der Waals surface area contributed by atoms with Crippen LogP contribution in [0.15, 0.2) is 18.2 Å². The van der Waals surface area contributed by atoms with Gasteiger partial charge in [-0.05, 0) is 70.1 Å². The average Bonchev–Trinajstić information content (AvgIpc) is 2.81. The molecule has 2 saturated heterocycles. The quantitative estimate of drug-likeness (QED) is 0.738. The molecule has 0 aromatic heterocycles. The van der Waals surface area contributed by atoms with Crippen molar-refractivity contribution in [2.24, 2.45) is 5.92 Å². The second-order valence-corrected chi connectivity index (χ2v) is 8.24. The number of hydrogen-bond donors (Lipinski definition) is 0. The number of benzene rings is 1. The largest absolute Gasteiger partial charge is 0.494 e. The molecular formula is C19H26BF3O4. The van der Waals surface area contributed by atoms with E-state index in [1.54, 1.807) is 6.07 Å². The third-order valence-corrected chi connectivity index (χ3v) is 5.61. The Morgan fingerprint density at radius 1 is 1.04 bits per heavy atom. The summed E-state index contributed by atoms with van der Waals surface area (Å²) in [7, 11) is -0.872. The van der Waals surface area contributed by atoms with Crippen LogP contribution in [0.5, 0.6) is 5.75 Å². The van der Waals surface area contributed by atoms with Crippen LogP contribution in [0.3, 0.4) is 0 Å². The zero-order valence-corrected chi connectivity index (χ0v) is 16.2. The van der Waals surface area contributed by atoms with E-state index in [0.717, 1.165) is 25.0 Å². The topological polar surface area (TPSA) is 36.9 Å². The number of alkyl halides is 3. The summed E-state index contributed by atoms with van der Waals surface area (Å²) in [4.78, 5) is 0. The van der Waals surface area contributed by atoms with Crippen molar-refractivity contribution in [1.29, 1.82) is 0 Å². The molecule has 2 fully saturated rings. The molecule has 2 aliphatic heterocycles. The van der Waals surface area contributed by atoms with Gasteiger partial charge in [0, 0.05) is 13.2 Å². The normalized spacial score (nSPS) is 22.9. The highest BCUT2D eigenvalue weighted by Gasteiger charge is 2.52. The molecule has 1 aromatic carbocycles. The molecule has 2 heterocycles. The van der Waals surface area contributed by atoms with Crippen LogP contribution in [0, 0.1) is 5.92 Å². The lowest BCUT2D eigenvalue weighted by atomic mass is 9.78. The second-order valence-electron chi connectivity index (χ2n) is 8.24. The minimum atomic E-state index is -4.48. The van der Waals surface area contributed by atoms with Crippen LogP contribution >= 0.6 is 0 Å². The highest BCUT2D eigenvalue weighted by Crippen LogP contribution is 2.38. The predicted molar refractivity (Wildman–Crippen MR) is 96.2 cm³/mol. The van der Waals surface area contributed by atoms with Crippen molar-refractivity contribution in [2.75, 3.05) is 19.8 Å². The third kappa shape index (κ3) is 4.61. The van der Waals surface area contributed by atoms with Gasteiger partial charge in [-0.2, -0.15) is 13.2 Å². The standard InChI is InChI=1S/C19H26BF3O4/c1-17(2)18(3,4)27-20(26-17)15-9-14(19(21,22)23)10-16(11-15)25-12-13-5-7-24-8-6-13/h9-11,13H,5-8,12H2,1-4H3. The van der Waals surface area contributed by atoms with Gasteiger partial charge in [0.2, 0.25) is 0 Å². The molecule has 0 saturated carbocycles. The molecule has 0 atom stereocenters. The molecule has 0 N–H and O–H groups in total. The molecule has 4 nitrogen and oxygen atoms in total. The first kappa shape index (κ1) is 20.5. The smallest absolute Gasteiger partial charge is 0.493 e. The van der Waals surface area contributed by atoms with Crippen LogP contribution < -0.4 is 10.2 Å². The maximum absolute atomic E-state index is 13.4. The molecule has 0 radical (unpaired) electrons. The first-order chi connectivity index (χ1) is 12.5. The Kier molecular flexibility index (Phi) is 5.54. The van der Waals surface area contributed by atoms with E-state index in [-0.39, 0.29) is 11.7 Å². The lowest BCUT2D eigenvalue weighted by Gasteiger charge is -2.32. The van der Waals surface area contributed by atoms with Gasteiger partial charge in [0.25, 0.3) is 0 Å². The Balaban J connectivity index is 1.83. The molecule has 0 amide bonds. The van der Waals surface area contributed by atoms with E-state index >= 15 is 0 Å². The molecule has 8 heteroatoms. The molecule has 27 heavy (non-hydrogen) atoms. The summed E-state index contributed by atoms with van der Waals surface area (Å²) in [6.45, 7) is 9.15. The first-order valence-electron chi connectivity index (χ1n) is 9.26. The summed E-state index contributed by atoms with van der Waals surface area (Å²) in [5.74, 6) is 0.467. The summed E-state index contributed by atoms with van der Waals surface area (Å²) < 4.78 is 63.0. The Hall–Kier alpha value is -1.25. The van der Waals surface area contributed by atoms with Crippen LogP contribution in [-0.4, -0.2) is 38.1 Å². The van der Waals surface area contributed by atoms with Gasteiger partial charge in [-0.25, -0.2) is 0 Å². The van der Waals surface area contributed by atoms with E-state index in [4.69, 9.17) is 18.8 Å². The van der Waals surface area contributed by atoms with E-state index in [0.29, 0.717) is 25.3 Å². The van der Waals surface area contributed by atoms with E-state index in [1.165, 1.54) is 0 Å². The van der Waals surface area contributed by atoms with Crippen LogP contribution in [0.2, 0.25) is 0 Å². The Morgan fingerprint density at radius 2 is 1.63 bits per heavy atom. The summed E-state index contributed by atoms with van der Waals surface area (Å²) >= 11 is 0. The Bertz CT molecular complexity index is 653. The molecule has 1 aromatic rings. The van der Waals surface area contributed by atoms with E-state index < -0.39 is 30.1 Å². The highest BCUT2D eigenvalue weighted by molar-refractivity contribution is 6.62. The van der Waals surface area contributed by atoms with Gasteiger partial charge in [0.1, 0.15) is 5.75 Å². The molecule has 0 spiro atoms. The van der Waals surface area contributed by atoms with E-state index in [9.17, 15) is 13.2 Å². The predicted octanol–water partition coefficient (Wildman–Crippen LogP) is 3.81. The van der Waals surface area contributed by atoms with Crippen LogP contribution in [0.1, 0.15) is 46.1 Å². The van der Waals surface area contributed by atoms with Gasteiger partial charge in [-0.3, -0.25) is 0 Å². The van der Waals surface area contributed by atoms with Crippen molar-refractivity contribution in [1.82, 2.24) is 0 Å². The molecular weight excluding hydrogens is 360 g/mol. The maximum atomic E-state index is 13.4. The highest BCUT2D eigenvalue weighted by atomic mass is 19.4. The third-order valence-electron chi connectivity index (χ3n) is 5.61. The van der Waals surface area contributed by atoms with Crippen LogP contribution in [0.4, 0.5) is 13.2 Å². The monoisotopic (exact) mass is 386 g/mol. The summed E-state index contributed by atoms with van der Waals surface area (Å²) in [5.41, 5.74) is -1.72. The summed E-state index contributed by atoms with van der Waals surface area (Å²) in [6, 6.07) is 3.69. The maximum Gasteiger partial charge on any atom is 0.494 e. The number of hydrogen-bond acceptors (Lipinski definition) is 4. The van der Waals surface area contributed by atoms with Crippen LogP contribution in [-0.2, 0) is 20.2 Å². The molecule has 0 bridgehead atoms. The number of halogens is 3. The van der Waals surface area contributed by atoms with Crippen molar-refractivity contribution in [3.05, 3.63) is 23.8 Å².